The Kier molecular flexibility index (Phi) is 3.11. The van der Waals surface area contributed by atoms with Gasteiger partial charge in [0.25, 0.3) is 0 Å². The summed E-state index contributed by atoms with van der Waals surface area (Å²) in [5.41, 5.74) is 2.47. The average Bonchev–Trinajstić information content (AvgIpc) is 2.59. The number of benzene rings is 1. The van der Waals surface area contributed by atoms with Gasteiger partial charge in [0, 0.05) is 22.6 Å². The Labute approximate surface area is 102 Å². The molecule has 0 fully saturated rings. The van der Waals surface area contributed by atoms with Crippen LogP contribution in [-0.2, 0) is 6.42 Å². The Morgan fingerprint density at radius 2 is 2.06 bits per heavy atom. The van der Waals surface area contributed by atoms with E-state index in [1.165, 1.54) is 5.56 Å². The highest BCUT2D eigenvalue weighted by Crippen LogP contribution is 2.23. The summed E-state index contributed by atoms with van der Waals surface area (Å²) < 4.78 is 0. The molecule has 0 atom stereocenters. The van der Waals surface area contributed by atoms with E-state index in [0.717, 1.165) is 23.9 Å². The number of phenolic OH excluding ortho intramolecular Hbond substituents is 1. The molecule has 1 aromatic carbocycles. The quantitative estimate of drug-likeness (QED) is 0.762. The Morgan fingerprint density at radius 3 is 2.76 bits per heavy atom. The van der Waals surface area contributed by atoms with Gasteiger partial charge >= 0.3 is 0 Å². The van der Waals surface area contributed by atoms with E-state index in [1.54, 1.807) is 6.07 Å². The first kappa shape index (κ1) is 12.0. The number of phenols is 1. The molecule has 0 unspecified atom stereocenters. The van der Waals surface area contributed by atoms with Gasteiger partial charge < -0.3 is 15.4 Å². The summed E-state index contributed by atoms with van der Waals surface area (Å²) in [5.74, 6) is 0.321. The van der Waals surface area contributed by atoms with Crippen LogP contribution in [-0.4, -0.2) is 22.2 Å². The SMILES string of the molecule is CC(C)(C)NCCc1c[nH]c2ccc(O)cc12. The summed E-state index contributed by atoms with van der Waals surface area (Å²) >= 11 is 0. The van der Waals surface area contributed by atoms with Crippen molar-refractivity contribution in [3.63, 3.8) is 0 Å². The van der Waals surface area contributed by atoms with E-state index in [-0.39, 0.29) is 5.54 Å². The van der Waals surface area contributed by atoms with Crippen molar-refractivity contribution in [2.45, 2.75) is 32.7 Å². The lowest BCUT2D eigenvalue weighted by Crippen LogP contribution is -2.37. The van der Waals surface area contributed by atoms with Crippen LogP contribution in [0.5, 0.6) is 5.75 Å². The molecule has 0 radical (unpaired) electrons. The molecule has 92 valence electrons. The smallest absolute Gasteiger partial charge is 0.116 e. The number of H-pyrrole nitrogens is 1. The monoisotopic (exact) mass is 232 g/mol. The summed E-state index contributed by atoms with van der Waals surface area (Å²) in [6, 6.07) is 5.43. The van der Waals surface area contributed by atoms with Gasteiger partial charge in [-0.15, -0.1) is 0 Å². The average molecular weight is 232 g/mol. The fraction of sp³-hybridized carbons (Fsp3) is 0.429. The lowest BCUT2D eigenvalue weighted by atomic mass is 10.1. The molecule has 3 heteroatoms. The Balaban J connectivity index is 2.11. The predicted molar refractivity (Wildman–Crippen MR) is 71.4 cm³/mol. The molecular formula is C14H20N2O. The van der Waals surface area contributed by atoms with Crippen LogP contribution in [0.25, 0.3) is 10.9 Å². The van der Waals surface area contributed by atoms with Gasteiger partial charge in [-0.25, -0.2) is 0 Å². The molecule has 2 rings (SSSR count). The molecule has 0 saturated carbocycles. The third-order valence-corrected chi connectivity index (χ3v) is 2.80. The number of aromatic nitrogens is 1. The van der Waals surface area contributed by atoms with E-state index in [9.17, 15) is 5.11 Å². The molecular weight excluding hydrogens is 212 g/mol. The van der Waals surface area contributed by atoms with E-state index < -0.39 is 0 Å². The van der Waals surface area contributed by atoms with Crippen LogP contribution in [0, 0.1) is 0 Å². The maximum Gasteiger partial charge on any atom is 0.116 e. The fourth-order valence-electron chi connectivity index (χ4n) is 1.95. The van der Waals surface area contributed by atoms with Crippen molar-refractivity contribution >= 4 is 10.9 Å². The maximum atomic E-state index is 9.50. The van der Waals surface area contributed by atoms with Gasteiger partial charge in [0.2, 0.25) is 0 Å². The van der Waals surface area contributed by atoms with Gasteiger partial charge in [-0.05, 0) is 57.5 Å². The van der Waals surface area contributed by atoms with E-state index >= 15 is 0 Å². The zero-order valence-electron chi connectivity index (χ0n) is 10.7. The molecule has 1 heterocycles. The van der Waals surface area contributed by atoms with E-state index in [0.29, 0.717) is 5.75 Å². The van der Waals surface area contributed by atoms with Gasteiger partial charge in [-0.2, -0.15) is 0 Å². The highest BCUT2D eigenvalue weighted by molar-refractivity contribution is 5.84. The summed E-state index contributed by atoms with van der Waals surface area (Å²) in [7, 11) is 0. The molecule has 2 aromatic rings. The van der Waals surface area contributed by atoms with Crippen LogP contribution in [0.3, 0.4) is 0 Å². The number of aromatic hydroxyl groups is 1. The maximum absolute atomic E-state index is 9.50. The fourth-order valence-corrected chi connectivity index (χ4v) is 1.95. The molecule has 0 aliphatic carbocycles. The van der Waals surface area contributed by atoms with Crippen molar-refractivity contribution in [2.24, 2.45) is 0 Å². The molecule has 1 aromatic heterocycles. The zero-order valence-corrected chi connectivity index (χ0v) is 10.7. The summed E-state index contributed by atoms with van der Waals surface area (Å²) in [6.45, 7) is 7.42. The Morgan fingerprint density at radius 1 is 1.29 bits per heavy atom. The molecule has 0 aliphatic rings. The van der Waals surface area contributed by atoms with E-state index in [2.05, 4.69) is 31.1 Å². The van der Waals surface area contributed by atoms with Crippen LogP contribution >= 0.6 is 0 Å². The first-order chi connectivity index (χ1) is 7.96. The van der Waals surface area contributed by atoms with Crippen molar-refractivity contribution in [3.05, 3.63) is 30.0 Å². The number of hydrogen-bond donors (Lipinski definition) is 3. The highest BCUT2D eigenvalue weighted by Gasteiger charge is 2.09. The zero-order chi connectivity index (χ0) is 12.5. The second kappa shape index (κ2) is 4.41. The number of aromatic amines is 1. The van der Waals surface area contributed by atoms with Crippen molar-refractivity contribution in [1.82, 2.24) is 10.3 Å². The van der Waals surface area contributed by atoms with Gasteiger partial charge in [0.15, 0.2) is 0 Å². The van der Waals surface area contributed by atoms with Gasteiger partial charge in [0.05, 0.1) is 0 Å². The molecule has 0 amide bonds. The van der Waals surface area contributed by atoms with Crippen LogP contribution in [0.4, 0.5) is 0 Å². The molecule has 0 saturated heterocycles. The third kappa shape index (κ3) is 3.01. The standard InChI is InChI=1S/C14H20N2O/c1-14(2,3)16-7-6-10-9-15-13-5-4-11(17)8-12(10)13/h4-5,8-9,15-17H,6-7H2,1-3H3. The molecule has 0 bridgehead atoms. The Bertz CT molecular complexity index is 508. The minimum absolute atomic E-state index is 0.147. The minimum atomic E-state index is 0.147. The third-order valence-electron chi connectivity index (χ3n) is 2.80. The normalized spacial score (nSPS) is 12.2. The first-order valence-electron chi connectivity index (χ1n) is 6.00. The molecule has 3 N–H and O–H groups in total. The number of hydrogen-bond acceptors (Lipinski definition) is 2. The largest absolute Gasteiger partial charge is 0.508 e. The van der Waals surface area contributed by atoms with Crippen molar-refractivity contribution in [1.29, 1.82) is 0 Å². The van der Waals surface area contributed by atoms with Crippen molar-refractivity contribution in [3.8, 4) is 5.75 Å². The number of nitrogens with one attached hydrogen (secondary N) is 2. The second-order valence-corrected chi connectivity index (χ2v) is 5.47. The summed E-state index contributed by atoms with van der Waals surface area (Å²) in [5, 5.41) is 14.1. The topological polar surface area (TPSA) is 48.0 Å². The summed E-state index contributed by atoms with van der Waals surface area (Å²) in [6.07, 6.45) is 2.98. The van der Waals surface area contributed by atoms with Crippen LogP contribution in [0.1, 0.15) is 26.3 Å². The summed E-state index contributed by atoms with van der Waals surface area (Å²) in [4.78, 5) is 3.22. The van der Waals surface area contributed by atoms with Crippen molar-refractivity contribution < 1.29 is 5.11 Å². The first-order valence-corrected chi connectivity index (χ1v) is 6.00. The van der Waals surface area contributed by atoms with Crippen LogP contribution in [0.2, 0.25) is 0 Å². The van der Waals surface area contributed by atoms with Gasteiger partial charge in [-0.3, -0.25) is 0 Å². The molecule has 0 aliphatic heterocycles. The lowest BCUT2D eigenvalue weighted by Gasteiger charge is -2.20. The number of rotatable bonds is 3. The lowest BCUT2D eigenvalue weighted by molar-refractivity contribution is 0.430. The predicted octanol–water partition coefficient (Wildman–Crippen LogP) is 2.80. The van der Waals surface area contributed by atoms with E-state index in [1.807, 2.05) is 18.3 Å². The van der Waals surface area contributed by atoms with Gasteiger partial charge in [-0.1, -0.05) is 0 Å². The second-order valence-electron chi connectivity index (χ2n) is 5.47. The molecule has 17 heavy (non-hydrogen) atoms. The van der Waals surface area contributed by atoms with E-state index in [4.69, 9.17) is 0 Å². The Hall–Kier alpha value is -1.48. The number of fused-ring (bicyclic) bond motifs is 1. The minimum Gasteiger partial charge on any atom is -0.508 e. The molecule has 3 nitrogen and oxygen atoms in total. The van der Waals surface area contributed by atoms with Crippen LogP contribution in [0.15, 0.2) is 24.4 Å². The van der Waals surface area contributed by atoms with Gasteiger partial charge in [0.1, 0.15) is 5.75 Å². The van der Waals surface area contributed by atoms with Crippen LogP contribution < -0.4 is 5.32 Å². The highest BCUT2D eigenvalue weighted by atomic mass is 16.3. The molecule has 0 spiro atoms. The van der Waals surface area contributed by atoms with Crippen molar-refractivity contribution in [2.75, 3.05) is 6.54 Å².